The fourth-order valence-electron chi connectivity index (χ4n) is 2.70. The van der Waals surface area contributed by atoms with Crippen molar-refractivity contribution in [2.75, 3.05) is 19.7 Å². The van der Waals surface area contributed by atoms with E-state index in [0.29, 0.717) is 13.2 Å². The van der Waals surface area contributed by atoms with Crippen molar-refractivity contribution >= 4 is 24.4 Å². The molecule has 1 saturated heterocycles. The van der Waals surface area contributed by atoms with E-state index in [1.165, 1.54) is 0 Å². The fourth-order valence-corrected chi connectivity index (χ4v) is 2.70. The molecular formula is C17H25ClN2O2. The van der Waals surface area contributed by atoms with Crippen LogP contribution in [-0.2, 0) is 4.79 Å². The number of hydrogen-bond acceptors (Lipinski definition) is 3. The minimum absolute atomic E-state index is 0. The molecule has 1 aromatic rings. The highest BCUT2D eigenvalue weighted by Crippen LogP contribution is 2.21. The van der Waals surface area contributed by atoms with E-state index in [4.69, 9.17) is 10.5 Å². The molecule has 0 saturated carbocycles. The lowest BCUT2D eigenvalue weighted by atomic mass is 10.0. The molecule has 1 aliphatic rings. The summed E-state index contributed by atoms with van der Waals surface area (Å²) in [6.45, 7) is 3.90. The van der Waals surface area contributed by atoms with Crippen LogP contribution < -0.4 is 10.5 Å². The minimum Gasteiger partial charge on any atom is -0.493 e. The molecule has 1 heterocycles. The minimum atomic E-state index is 0. The van der Waals surface area contributed by atoms with Gasteiger partial charge >= 0.3 is 0 Å². The standard InChI is InChI=1S/C17H24N2O2.ClH/c1-2-21-16-9-4-3-7-14(16)10-11-17(20)19-12-6-5-8-15(19)13-18;/h3-4,7,9-11,15H,2,5-6,8,12-13,18H2,1H3;1H/b11-10+;. The van der Waals surface area contributed by atoms with E-state index >= 15 is 0 Å². The second kappa shape index (κ2) is 9.49. The van der Waals surface area contributed by atoms with Crippen molar-refractivity contribution in [2.24, 2.45) is 5.73 Å². The molecule has 0 aromatic heterocycles. The van der Waals surface area contributed by atoms with Crippen LogP contribution in [0.4, 0.5) is 0 Å². The third kappa shape index (κ3) is 4.75. The Labute approximate surface area is 138 Å². The quantitative estimate of drug-likeness (QED) is 0.847. The van der Waals surface area contributed by atoms with Crippen molar-refractivity contribution in [3.05, 3.63) is 35.9 Å². The zero-order chi connectivity index (χ0) is 15.1. The maximum Gasteiger partial charge on any atom is 0.246 e. The molecule has 0 bridgehead atoms. The number of nitrogens with two attached hydrogens (primary N) is 1. The van der Waals surface area contributed by atoms with Gasteiger partial charge in [0.15, 0.2) is 0 Å². The Morgan fingerprint density at radius 3 is 2.91 bits per heavy atom. The number of carbonyl (C=O) groups excluding carboxylic acids is 1. The molecule has 22 heavy (non-hydrogen) atoms. The molecule has 1 aliphatic heterocycles. The third-order valence-electron chi connectivity index (χ3n) is 3.81. The Morgan fingerprint density at radius 1 is 1.41 bits per heavy atom. The van der Waals surface area contributed by atoms with Crippen LogP contribution in [0, 0.1) is 0 Å². The molecule has 1 amide bonds. The fraction of sp³-hybridized carbons (Fsp3) is 0.471. The topological polar surface area (TPSA) is 55.6 Å². The van der Waals surface area contributed by atoms with Gasteiger partial charge < -0.3 is 15.4 Å². The Bertz CT molecular complexity index is 505. The Balaban J connectivity index is 0.00000242. The maximum absolute atomic E-state index is 12.4. The average Bonchev–Trinajstić information content (AvgIpc) is 2.54. The molecule has 0 aliphatic carbocycles. The number of ether oxygens (including phenoxy) is 1. The van der Waals surface area contributed by atoms with Crippen LogP contribution in [0.15, 0.2) is 30.3 Å². The van der Waals surface area contributed by atoms with Crippen LogP contribution in [0.25, 0.3) is 6.08 Å². The van der Waals surface area contributed by atoms with E-state index in [2.05, 4.69) is 0 Å². The van der Waals surface area contributed by atoms with Crippen LogP contribution in [0.2, 0.25) is 0 Å². The first-order chi connectivity index (χ1) is 10.3. The van der Waals surface area contributed by atoms with Crippen LogP contribution in [-0.4, -0.2) is 36.5 Å². The molecule has 1 aromatic carbocycles. The van der Waals surface area contributed by atoms with E-state index in [1.807, 2.05) is 42.2 Å². The first kappa shape index (κ1) is 18.5. The van der Waals surface area contributed by atoms with Gasteiger partial charge in [-0.2, -0.15) is 0 Å². The van der Waals surface area contributed by atoms with Crippen molar-refractivity contribution in [1.82, 2.24) is 4.90 Å². The van der Waals surface area contributed by atoms with Gasteiger partial charge in [0.2, 0.25) is 5.91 Å². The predicted octanol–water partition coefficient (Wildman–Crippen LogP) is 2.86. The van der Waals surface area contributed by atoms with Gasteiger partial charge in [0, 0.05) is 30.8 Å². The number of benzene rings is 1. The van der Waals surface area contributed by atoms with E-state index in [9.17, 15) is 4.79 Å². The number of piperidine rings is 1. The summed E-state index contributed by atoms with van der Waals surface area (Å²) in [6, 6.07) is 7.91. The van der Waals surface area contributed by atoms with E-state index < -0.39 is 0 Å². The number of para-hydroxylation sites is 1. The van der Waals surface area contributed by atoms with Gasteiger partial charge in [0.05, 0.1) is 6.61 Å². The summed E-state index contributed by atoms with van der Waals surface area (Å²) in [5.41, 5.74) is 6.69. The summed E-state index contributed by atoms with van der Waals surface area (Å²) in [7, 11) is 0. The Kier molecular flexibility index (Phi) is 7.99. The molecule has 1 fully saturated rings. The van der Waals surface area contributed by atoms with Gasteiger partial charge in [-0.15, -0.1) is 12.4 Å². The predicted molar refractivity (Wildman–Crippen MR) is 92.3 cm³/mol. The molecule has 0 spiro atoms. The Morgan fingerprint density at radius 2 is 2.18 bits per heavy atom. The molecule has 2 N–H and O–H groups in total. The highest BCUT2D eigenvalue weighted by atomic mass is 35.5. The summed E-state index contributed by atoms with van der Waals surface area (Å²) in [5.74, 6) is 0.842. The number of amides is 1. The van der Waals surface area contributed by atoms with Gasteiger partial charge in [-0.3, -0.25) is 4.79 Å². The smallest absolute Gasteiger partial charge is 0.246 e. The van der Waals surface area contributed by atoms with Gasteiger partial charge in [0.1, 0.15) is 5.75 Å². The zero-order valence-electron chi connectivity index (χ0n) is 13.0. The molecule has 1 unspecified atom stereocenters. The second-order valence-corrected chi connectivity index (χ2v) is 5.22. The number of likely N-dealkylation sites (tertiary alicyclic amines) is 1. The monoisotopic (exact) mass is 324 g/mol. The summed E-state index contributed by atoms with van der Waals surface area (Å²) in [5, 5.41) is 0. The van der Waals surface area contributed by atoms with Gasteiger partial charge in [-0.25, -0.2) is 0 Å². The van der Waals surface area contributed by atoms with Crippen molar-refractivity contribution in [3.63, 3.8) is 0 Å². The molecule has 2 rings (SSSR count). The average molecular weight is 325 g/mol. The molecule has 0 radical (unpaired) electrons. The summed E-state index contributed by atoms with van der Waals surface area (Å²) in [4.78, 5) is 14.2. The zero-order valence-corrected chi connectivity index (χ0v) is 13.8. The van der Waals surface area contributed by atoms with Gasteiger partial charge in [-0.1, -0.05) is 18.2 Å². The number of rotatable bonds is 5. The van der Waals surface area contributed by atoms with Crippen LogP contribution in [0.1, 0.15) is 31.7 Å². The van der Waals surface area contributed by atoms with Crippen molar-refractivity contribution in [3.8, 4) is 5.75 Å². The highest BCUT2D eigenvalue weighted by Gasteiger charge is 2.23. The second-order valence-electron chi connectivity index (χ2n) is 5.22. The van der Waals surface area contributed by atoms with Crippen LogP contribution >= 0.6 is 12.4 Å². The summed E-state index contributed by atoms with van der Waals surface area (Å²) in [6.07, 6.45) is 6.68. The maximum atomic E-state index is 12.4. The van der Waals surface area contributed by atoms with E-state index in [0.717, 1.165) is 37.1 Å². The van der Waals surface area contributed by atoms with E-state index in [1.54, 1.807) is 6.08 Å². The van der Waals surface area contributed by atoms with Crippen molar-refractivity contribution < 1.29 is 9.53 Å². The number of nitrogens with zero attached hydrogens (tertiary/aromatic N) is 1. The third-order valence-corrected chi connectivity index (χ3v) is 3.81. The Hall–Kier alpha value is -1.52. The van der Waals surface area contributed by atoms with Gasteiger partial charge in [0.25, 0.3) is 0 Å². The first-order valence-electron chi connectivity index (χ1n) is 7.66. The lowest BCUT2D eigenvalue weighted by molar-refractivity contribution is -0.129. The summed E-state index contributed by atoms with van der Waals surface area (Å²) < 4.78 is 5.56. The van der Waals surface area contributed by atoms with Crippen molar-refractivity contribution in [2.45, 2.75) is 32.2 Å². The van der Waals surface area contributed by atoms with Crippen LogP contribution in [0.5, 0.6) is 5.75 Å². The van der Waals surface area contributed by atoms with Crippen molar-refractivity contribution in [1.29, 1.82) is 0 Å². The number of halogens is 1. The summed E-state index contributed by atoms with van der Waals surface area (Å²) >= 11 is 0. The van der Waals surface area contributed by atoms with Crippen LogP contribution in [0.3, 0.4) is 0 Å². The SMILES string of the molecule is CCOc1ccccc1/C=C/C(=O)N1CCCCC1CN.Cl. The molecule has 5 heteroatoms. The first-order valence-corrected chi connectivity index (χ1v) is 7.66. The molecule has 122 valence electrons. The molecule has 1 atom stereocenters. The lowest BCUT2D eigenvalue weighted by Crippen LogP contribution is -2.46. The van der Waals surface area contributed by atoms with Gasteiger partial charge in [-0.05, 0) is 38.3 Å². The molecule has 4 nitrogen and oxygen atoms in total. The number of carbonyl (C=O) groups is 1. The van der Waals surface area contributed by atoms with E-state index in [-0.39, 0.29) is 24.4 Å². The highest BCUT2D eigenvalue weighted by molar-refractivity contribution is 5.92. The molecular weight excluding hydrogens is 300 g/mol. The normalized spacial score (nSPS) is 18.1. The largest absolute Gasteiger partial charge is 0.493 e. The lowest BCUT2D eigenvalue weighted by Gasteiger charge is -2.34. The number of hydrogen-bond donors (Lipinski definition) is 1.